The van der Waals surface area contributed by atoms with Gasteiger partial charge >= 0.3 is 6.03 Å². The molecule has 8 heteroatoms. The molecule has 0 aromatic heterocycles. The first kappa shape index (κ1) is 17.1. The molecule has 3 amide bonds. The van der Waals surface area contributed by atoms with Crippen molar-refractivity contribution in [1.82, 2.24) is 15.5 Å². The molecule has 2 aliphatic rings. The number of carbonyl (C=O) groups is 2. The first-order valence-electron chi connectivity index (χ1n) is 7.55. The number of benzene rings is 1. The van der Waals surface area contributed by atoms with Crippen LogP contribution in [-0.2, 0) is 9.53 Å². The van der Waals surface area contributed by atoms with Gasteiger partial charge in [0.2, 0.25) is 0 Å². The van der Waals surface area contributed by atoms with Crippen LogP contribution in [0, 0.1) is 0 Å². The number of hydrogen-bond donors (Lipinski definition) is 2. The van der Waals surface area contributed by atoms with Gasteiger partial charge in [0, 0.05) is 20.3 Å². The molecule has 0 saturated carbocycles. The van der Waals surface area contributed by atoms with E-state index in [0.717, 1.165) is 12.0 Å². The molecular weight excluding hydrogens is 353 g/mol. The number of methoxy groups -OCH3 is 1. The zero-order chi connectivity index (χ0) is 17.3. The summed E-state index contributed by atoms with van der Waals surface area (Å²) in [5.41, 5.74) is 1.90. The minimum Gasteiger partial charge on any atom is -0.385 e. The summed E-state index contributed by atoms with van der Waals surface area (Å²) in [6.45, 7) is 1.54. The Bertz CT molecular complexity index is 721. The highest BCUT2D eigenvalue weighted by Crippen LogP contribution is 2.34. The van der Waals surface area contributed by atoms with Crippen LogP contribution in [0.2, 0.25) is 10.0 Å². The molecule has 0 fully saturated rings. The Kier molecular flexibility index (Phi) is 4.99. The van der Waals surface area contributed by atoms with Crippen molar-refractivity contribution in [2.75, 3.05) is 26.8 Å². The molecule has 0 bridgehead atoms. The fourth-order valence-electron chi connectivity index (χ4n) is 2.95. The van der Waals surface area contributed by atoms with Crippen molar-refractivity contribution < 1.29 is 14.3 Å². The third-order valence-electron chi connectivity index (χ3n) is 4.07. The van der Waals surface area contributed by atoms with E-state index in [1.54, 1.807) is 30.2 Å². The molecule has 0 saturated heterocycles. The fourth-order valence-corrected chi connectivity index (χ4v) is 3.26. The summed E-state index contributed by atoms with van der Waals surface area (Å²) in [6, 6.07) is 4.21. The second kappa shape index (κ2) is 7.01. The van der Waals surface area contributed by atoms with Crippen molar-refractivity contribution in [3.63, 3.8) is 0 Å². The van der Waals surface area contributed by atoms with Gasteiger partial charge in [0.15, 0.2) is 0 Å². The van der Waals surface area contributed by atoms with E-state index < -0.39 is 6.04 Å². The van der Waals surface area contributed by atoms with Crippen LogP contribution < -0.4 is 10.6 Å². The number of carbonyl (C=O) groups excluding carboxylic acids is 2. The predicted molar refractivity (Wildman–Crippen MR) is 91.0 cm³/mol. The van der Waals surface area contributed by atoms with Crippen molar-refractivity contribution in [3.05, 3.63) is 45.1 Å². The SMILES string of the molecule is COCCCN1CC2=C(C1=O)[C@H](c1ccc(Cl)c(Cl)c1)NC(=O)N2. The van der Waals surface area contributed by atoms with Crippen LogP contribution in [-0.4, -0.2) is 43.6 Å². The zero-order valence-corrected chi connectivity index (χ0v) is 14.6. The molecule has 6 nitrogen and oxygen atoms in total. The van der Waals surface area contributed by atoms with E-state index in [9.17, 15) is 9.59 Å². The standard InChI is InChI=1S/C16H17Cl2N3O3/c1-24-6-2-5-21-8-12-13(15(21)22)14(20-16(23)19-12)9-3-4-10(17)11(18)7-9/h3-4,7,14H,2,5-6,8H2,1H3,(H2,19,20,23)/t14-/m0/s1. The zero-order valence-electron chi connectivity index (χ0n) is 13.1. The van der Waals surface area contributed by atoms with E-state index >= 15 is 0 Å². The number of halogens is 2. The number of rotatable bonds is 5. The largest absolute Gasteiger partial charge is 0.385 e. The number of ether oxygens (including phenoxy) is 1. The average Bonchev–Trinajstić information content (AvgIpc) is 2.85. The molecule has 0 unspecified atom stereocenters. The van der Waals surface area contributed by atoms with Crippen molar-refractivity contribution in [1.29, 1.82) is 0 Å². The Morgan fingerprint density at radius 1 is 1.29 bits per heavy atom. The van der Waals surface area contributed by atoms with Crippen LogP contribution in [0.3, 0.4) is 0 Å². The highest BCUT2D eigenvalue weighted by Gasteiger charge is 2.40. The fraction of sp³-hybridized carbons (Fsp3) is 0.375. The predicted octanol–water partition coefficient (Wildman–Crippen LogP) is 2.48. The summed E-state index contributed by atoms with van der Waals surface area (Å²) in [5, 5.41) is 6.32. The number of nitrogens with zero attached hydrogens (tertiary/aromatic N) is 1. The molecule has 2 N–H and O–H groups in total. The van der Waals surface area contributed by atoms with Crippen molar-refractivity contribution in [2.24, 2.45) is 0 Å². The third-order valence-corrected chi connectivity index (χ3v) is 4.81. The quantitative estimate of drug-likeness (QED) is 0.783. The second-order valence-corrected chi connectivity index (χ2v) is 6.48. The lowest BCUT2D eigenvalue weighted by Crippen LogP contribution is -2.44. The second-order valence-electron chi connectivity index (χ2n) is 5.67. The van der Waals surface area contributed by atoms with Crippen molar-refractivity contribution >= 4 is 35.1 Å². The lowest BCUT2D eigenvalue weighted by atomic mass is 9.96. The molecular formula is C16H17Cl2N3O3. The first-order chi connectivity index (χ1) is 11.5. The summed E-state index contributed by atoms with van der Waals surface area (Å²) in [7, 11) is 1.62. The Morgan fingerprint density at radius 3 is 2.79 bits per heavy atom. The average molecular weight is 370 g/mol. The number of amides is 3. The van der Waals surface area contributed by atoms with Crippen LogP contribution >= 0.6 is 23.2 Å². The topological polar surface area (TPSA) is 70.7 Å². The molecule has 2 heterocycles. The Balaban J connectivity index is 1.87. The number of urea groups is 1. The van der Waals surface area contributed by atoms with Gasteiger partial charge in [0.1, 0.15) is 0 Å². The van der Waals surface area contributed by atoms with E-state index in [0.29, 0.717) is 41.0 Å². The van der Waals surface area contributed by atoms with Crippen LogP contribution in [0.4, 0.5) is 4.79 Å². The molecule has 2 aliphatic heterocycles. The molecule has 1 aromatic rings. The van der Waals surface area contributed by atoms with Gasteiger partial charge in [-0.05, 0) is 24.1 Å². The molecule has 1 atom stereocenters. The van der Waals surface area contributed by atoms with E-state index in [1.807, 2.05) is 0 Å². The van der Waals surface area contributed by atoms with Gasteiger partial charge in [0.25, 0.3) is 5.91 Å². The minimum absolute atomic E-state index is 0.0929. The van der Waals surface area contributed by atoms with Crippen LogP contribution in [0.25, 0.3) is 0 Å². The number of hydrogen-bond acceptors (Lipinski definition) is 3. The Hall–Kier alpha value is -1.76. The summed E-state index contributed by atoms with van der Waals surface area (Å²) in [5.74, 6) is -0.0929. The summed E-state index contributed by atoms with van der Waals surface area (Å²) < 4.78 is 5.03. The van der Waals surface area contributed by atoms with Gasteiger partial charge in [-0.1, -0.05) is 29.3 Å². The molecule has 3 rings (SSSR count). The highest BCUT2D eigenvalue weighted by molar-refractivity contribution is 6.42. The Morgan fingerprint density at radius 2 is 2.08 bits per heavy atom. The van der Waals surface area contributed by atoms with Gasteiger partial charge in [0.05, 0.1) is 33.9 Å². The molecule has 0 aliphatic carbocycles. The maximum Gasteiger partial charge on any atom is 0.319 e. The van der Waals surface area contributed by atoms with Gasteiger partial charge in [-0.15, -0.1) is 0 Å². The lowest BCUT2D eigenvalue weighted by Gasteiger charge is -2.25. The van der Waals surface area contributed by atoms with Crippen LogP contribution in [0.5, 0.6) is 0 Å². The van der Waals surface area contributed by atoms with Gasteiger partial charge < -0.3 is 20.3 Å². The summed E-state index contributed by atoms with van der Waals surface area (Å²) in [6.07, 6.45) is 0.738. The molecule has 24 heavy (non-hydrogen) atoms. The summed E-state index contributed by atoms with van der Waals surface area (Å²) >= 11 is 12.0. The number of nitrogens with one attached hydrogen (secondary N) is 2. The maximum atomic E-state index is 12.8. The molecule has 1 aromatic carbocycles. The normalized spacial score (nSPS) is 20.1. The van der Waals surface area contributed by atoms with E-state index in [-0.39, 0.29) is 11.9 Å². The first-order valence-corrected chi connectivity index (χ1v) is 8.30. The Labute approximate surface area is 149 Å². The molecule has 0 radical (unpaired) electrons. The third kappa shape index (κ3) is 3.22. The van der Waals surface area contributed by atoms with E-state index in [4.69, 9.17) is 27.9 Å². The van der Waals surface area contributed by atoms with Crippen LogP contribution in [0.1, 0.15) is 18.0 Å². The van der Waals surface area contributed by atoms with Crippen LogP contribution in [0.15, 0.2) is 29.5 Å². The van der Waals surface area contributed by atoms with E-state index in [2.05, 4.69) is 10.6 Å². The highest BCUT2D eigenvalue weighted by atomic mass is 35.5. The van der Waals surface area contributed by atoms with Gasteiger partial charge in [-0.2, -0.15) is 0 Å². The van der Waals surface area contributed by atoms with Crippen molar-refractivity contribution in [2.45, 2.75) is 12.5 Å². The summed E-state index contributed by atoms with van der Waals surface area (Å²) in [4.78, 5) is 26.4. The molecule has 0 spiro atoms. The van der Waals surface area contributed by atoms with Gasteiger partial charge in [-0.3, -0.25) is 4.79 Å². The monoisotopic (exact) mass is 369 g/mol. The lowest BCUT2D eigenvalue weighted by molar-refractivity contribution is -0.125. The smallest absolute Gasteiger partial charge is 0.319 e. The van der Waals surface area contributed by atoms with E-state index in [1.165, 1.54) is 0 Å². The van der Waals surface area contributed by atoms with Crippen molar-refractivity contribution in [3.8, 4) is 0 Å². The maximum absolute atomic E-state index is 12.8. The van der Waals surface area contributed by atoms with Gasteiger partial charge in [-0.25, -0.2) is 4.79 Å². The molecule has 128 valence electrons. The minimum atomic E-state index is -0.538.